The Labute approximate surface area is 108 Å². The lowest BCUT2D eigenvalue weighted by Gasteiger charge is -2.04. The van der Waals surface area contributed by atoms with Crippen LogP contribution in [0.3, 0.4) is 0 Å². The van der Waals surface area contributed by atoms with Crippen LogP contribution in [0.25, 0.3) is 11.3 Å². The maximum Gasteiger partial charge on any atom is 0.168 e. The van der Waals surface area contributed by atoms with Crippen molar-refractivity contribution in [2.24, 2.45) is 0 Å². The van der Waals surface area contributed by atoms with Crippen LogP contribution in [0, 0.1) is 5.82 Å². The van der Waals surface area contributed by atoms with Crippen molar-refractivity contribution in [1.82, 2.24) is 8.75 Å². The number of benzene rings is 1. The van der Waals surface area contributed by atoms with Gasteiger partial charge in [-0.25, -0.2) is 4.39 Å². The van der Waals surface area contributed by atoms with Gasteiger partial charge in [-0.2, -0.15) is 8.75 Å². The van der Waals surface area contributed by atoms with Crippen LogP contribution in [-0.2, 0) is 0 Å². The maximum absolute atomic E-state index is 13.7. The Kier molecular flexibility index (Phi) is 3.91. The summed E-state index contributed by atoms with van der Waals surface area (Å²) < 4.78 is 22.0. The third-order valence-corrected chi connectivity index (χ3v) is 2.98. The molecule has 2 rings (SSSR count). The van der Waals surface area contributed by atoms with Crippen LogP contribution in [0.5, 0.6) is 0 Å². The van der Waals surface area contributed by atoms with Gasteiger partial charge in [0, 0.05) is 17.1 Å². The first-order valence-corrected chi connectivity index (χ1v) is 6.35. The van der Waals surface area contributed by atoms with Crippen molar-refractivity contribution >= 4 is 29.1 Å². The summed E-state index contributed by atoms with van der Waals surface area (Å²) in [6, 6.07) is 4.54. The van der Waals surface area contributed by atoms with Crippen molar-refractivity contribution < 1.29 is 4.39 Å². The molecule has 0 atom stereocenters. The number of rotatable bonds is 4. The monoisotopic (exact) mass is 271 g/mol. The Morgan fingerprint density at radius 3 is 2.94 bits per heavy atom. The SMILES string of the molecule is CCCNc1nsnc1-c1ccc(Cl)cc1F. The lowest BCUT2D eigenvalue weighted by atomic mass is 10.1. The van der Waals surface area contributed by atoms with Gasteiger partial charge in [-0.15, -0.1) is 0 Å². The Balaban J connectivity index is 2.35. The number of nitrogens with one attached hydrogen (secondary N) is 1. The minimum Gasteiger partial charge on any atom is -0.367 e. The Morgan fingerprint density at radius 1 is 1.41 bits per heavy atom. The molecule has 90 valence electrons. The molecule has 0 aliphatic carbocycles. The van der Waals surface area contributed by atoms with Crippen molar-refractivity contribution in [3.05, 3.63) is 29.0 Å². The van der Waals surface area contributed by atoms with E-state index in [4.69, 9.17) is 11.6 Å². The van der Waals surface area contributed by atoms with Gasteiger partial charge in [-0.1, -0.05) is 18.5 Å². The zero-order valence-electron chi connectivity index (χ0n) is 9.20. The first-order valence-electron chi connectivity index (χ1n) is 5.24. The summed E-state index contributed by atoms with van der Waals surface area (Å²) in [5.41, 5.74) is 0.958. The molecule has 1 aromatic heterocycles. The number of aromatic nitrogens is 2. The van der Waals surface area contributed by atoms with Crippen LogP contribution in [0.1, 0.15) is 13.3 Å². The van der Waals surface area contributed by atoms with E-state index in [0.29, 0.717) is 22.1 Å². The van der Waals surface area contributed by atoms with Gasteiger partial charge in [0.1, 0.15) is 11.5 Å². The molecule has 0 aliphatic rings. The molecule has 1 heterocycles. The summed E-state index contributed by atoms with van der Waals surface area (Å²) in [7, 11) is 0. The molecule has 0 radical (unpaired) electrons. The van der Waals surface area contributed by atoms with Gasteiger partial charge in [0.15, 0.2) is 5.82 Å². The number of hydrogen-bond donors (Lipinski definition) is 1. The predicted octanol–water partition coefficient (Wildman–Crippen LogP) is 3.82. The van der Waals surface area contributed by atoms with Gasteiger partial charge >= 0.3 is 0 Å². The van der Waals surface area contributed by atoms with E-state index in [1.165, 1.54) is 6.07 Å². The fourth-order valence-corrected chi connectivity index (χ4v) is 2.10. The molecule has 6 heteroatoms. The van der Waals surface area contributed by atoms with Crippen LogP contribution in [0.4, 0.5) is 10.2 Å². The number of nitrogens with zero attached hydrogens (tertiary/aromatic N) is 2. The molecular weight excluding hydrogens is 261 g/mol. The van der Waals surface area contributed by atoms with E-state index in [2.05, 4.69) is 21.0 Å². The molecule has 0 aliphatic heterocycles. The molecule has 3 nitrogen and oxygen atoms in total. The van der Waals surface area contributed by atoms with Gasteiger partial charge < -0.3 is 5.32 Å². The average molecular weight is 272 g/mol. The molecule has 17 heavy (non-hydrogen) atoms. The predicted molar refractivity (Wildman–Crippen MR) is 69.1 cm³/mol. The van der Waals surface area contributed by atoms with Gasteiger partial charge in [-0.3, -0.25) is 0 Å². The van der Waals surface area contributed by atoms with E-state index in [1.54, 1.807) is 12.1 Å². The highest BCUT2D eigenvalue weighted by Crippen LogP contribution is 2.29. The first kappa shape index (κ1) is 12.3. The standard InChI is InChI=1S/C11H11ClFN3S/c1-2-5-14-11-10(15-17-16-11)8-4-3-7(12)6-9(8)13/h3-4,6H,2,5H2,1H3,(H,14,16). The third kappa shape index (κ3) is 2.73. The lowest BCUT2D eigenvalue weighted by Crippen LogP contribution is -2.01. The van der Waals surface area contributed by atoms with Crippen LogP contribution in [-0.4, -0.2) is 15.3 Å². The molecule has 0 saturated heterocycles. The van der Waals surface area contributed by atoms with Crippen LogP contribution in [0.15, 0.2) is 18.2 Å². The molecular formula is C11H11ClFN3S. The van der Waals surface area contributed by atoms with Crippen LogP contribution < -0.4 is 5.32 Å². The van der Waals surface area contributed by atoms with E-state index >= 15 is 0 Å². The van der Waals surface area contributed by atoms with Gasteiger partial charge in [0.2, 0.25) is 0 Å². The van der Waals surface area contributed by atoms with Crippen molar-refractivity contribution in [3.8, 4) is 11.3 Å². The third-order valence-electron chi connectivity index (χ3n) is 2.22. The highest BCUT2D eigenvalue weighted by atomic mass is 35.5. The lowest BCUT2D eigenvalue weighted by molar-refractivity contribution is 0.631. The summed E-state index contributed by atoms with van der Waals surface area (Å²) in [5.74, 6) is 0.239. The highest BCUT2D eigenvalue weighted by molar-refractivity contribution is 6.99. The van der Waals surface area contributed by atoms with Crippen LogP contribution >= 0.6 is 23.3 Å². The van der Waals surface area contributed by atoms with E-state index in [-0.39, 0.29) is 5.82 Å². The van der Waals surface area contributed by atoms with E-state index < -0.39 is 0 Å². The van der Waals surface area contributed by atoms with Gasteiger partial charge in [0.25, 0.3) is 0 Å². The molecule has 1 N–H and O–H groups in total. The second-order valence-corrected chi connectivity index (χ2v) is 4.48. The van der Waals surface area contributed by atoms with Crippen molar-refractivity contribution in [3.63, 3.8) is 0 Å². The summed E-state index contributed by atoms with van der Waals surface area (Å²) in [4.78, 5) is 0. The van der Waals surface area contributed by atoms with Gasteiger partial charge in [0.05, 0.1) is 11.7 Å². The quantitative estimate of drug-likeness (QED) is 0.919. The molecule has 0 saturated carbocycles. The van der Waals surface area contributed by atoms with Gasteiger partial charge in [-0.05, 0) is 24.6 Å². The molecule has 0 bridgehead atoms. The molecule has 1 aromatic carbocycles. The number of halogens is 2. The minimum absolute atomic E-state index is 0.373. The Hall–Kier alpha value is -1.20. The molecule has 0 spiro atoms. The van der Waals surface area contributed by atoms with Crippen molar-refractivity contribution in [1.29, 1.82) is 0 Å². The topological polar surface area (TPSA) is 37.8 Å². The average Bonchev–Trinajstić information content (AvgIpc) is 2.74. The summed E-state index contributed by atoms with van der Waals surface area (Å²) in [5, 5.41) is 3.49. The second-order valence-electron chi connectivity index (χ2n) is 3.51. The maximum atomic E-state index is 13.7. The minimum atomic E-state index is -0.384. The molecule has 0 unspecified atom stereocenters. The second kappa shape index (κ2) is 5.42. The highest BCUT2D eigenvalue weighted by Gasteiger charge is 2.14. The summed E-state index contributed by atoms with van der Waals surface area (Å²) in [6.45, 7) is 2.84. The molecule has 0 amide bonds. The van der Waals surface area contributed by atoms with E-state index in [0.717, 1.165) is 24.7 Å². The molecule has 0 fully saturated rings. The van der Waals surface area contributed by atoms with Crippen molar-refractivity contribution in [2.45, 2.75) is 13.3 Å². The number of anilines is 1. The smallest absolute Gasteiger partial charge is 0.168 e. The summed E-state index contributed by atoms with van der Waals surface area (Å²) >= 11 is 6.77. The zero-order valence-corrected chi connectivity index (χ0v) is 10.8. The van der Waals surface area contributed by atoms with E-state index in [1.807, 2.05) is 0 Å². The largest absolute Gasteiger partial charge is 0.367 e. The van der Waals surface area contributed by atoms with Crippen LogP contribution in [0.2, 0.25) is 5.02 Å². The molecule has 2 aromatic rings. The van der Waals surface area contributed by atoms with E-state index in [9.17, 15) is 4.39 Å². The first-order chi connectivity index (χ1) is 8.22. The normalized spacial score (nSPS) is 10.5. The zero-order chi connectivity index (χ0) is 12.3. The number of hydrogen-bond acceptors (Lipinski definition) is 4. The Morgan fingerprint density at radius 2 is 2.24 bits per heavy atom. The van der Waals surface area contributed by atoms with Crippen molar-refractivity contribution in [2.75, 3.05) is 11.9 Å². The fourth-order valence-electron chi connectivity index (χ4n) is 1.41. The Bertz CT molecular complexity index is 515. The summed E-state index contributed by atoms with van der Waals surface area (Å²) in [6.07, 6.45) is 0.972. The fraction of sp³-hybridized carbons (Fsp3) is 0.273.